The first-order valence-electron chi connectivity index (χ1n) is 11.9. The number of imidazole rings is 1. The summed E-state index contributed by atoms with van der Waals surface area (Å²) in [5, 5.41) is 26.9. The van der Waals surface area contributed by atoms with Crippen molar-refractivity contribution in [1.29, 1.82) is 0 Å². The number of carbonyl (C=O) groups is 1. The van der Waals surface area contributed by atoms with Crippen LogP contribution < -0.4 is 5.32 Å². The molecule has 1 aromatic heterocycles. The quantitative estimate of drug-likeness (QED) is 0.185. The first kappa shape index (κ1) is 25.0. The zero-order valence-corrected chi connectivity index (χ0v) is 20.6. The van der Waals surface area contributed by atoms with Crippen LogP contribution in [0.4, 0.5) is 22.7 Å². The topological polar surface area (TPSA) is 133 Å². The monoisotopic (exact) mass is 519 g/mol. The molecule has 0 bridgehead atoms. The van der Waals surface area contributed by atoms with Gasteiger partial charge < -0.3 is 5.32 Å². The molecule has 0 saturated heterocycles. The summed E-state index contributed by atoms with van der Waals surface area (Å²) in [6, 6.07) is 27.3. The van der Waals surface area contributed by atoms with E-state index in [0.717, 1.165) is 23.3 Å². The lowest BCUT2D eigenvalue weighted by atomic mass is 10.0. The number of hydrogen-bond acceptors (Lipinski definition) is 7. The van der Waals surface area contributed by atoms with E-state index in [1.54, 1.807) is 24.3 Å². The maximum atomic E-state index is 13.8. The van der Waals surface area contributed by atoms with E-state index in [-0.39, 0.29) is 11.3 Å². The lowest BCUT2D eigenvalue weighted by Gasteiger charge is -2.12. The number of anilines is 2. The summed E-state index contributed by atoms with van der Waals surface area (Å²) in [6.07, 6.45) is 1.32. The van der Waals surface area contributed by atoms with Gasteiger partial charge in [0.05, 0.1) is 26.8 Å². The maximum absolute atomic E-state index is 13.8. The number of hydrogen-bond donors (Lipinski definition) is 1. The molecular formula is C29H21N5O5. The molecule has 4 aromatic carbocycles. The number of carbonyl (C=O) groups excluding carboxylic acids is 1. The fraction of sp³-hybridized carbons (Fsp3) is 0.0345. The van der Waals surface area contributed by atoms with Gasteiger partial charge in [-0.15, -0.1) is 0 Å². The van der Waals surface area contributed by atoms with Gasteiger partial charge in [-0.25, -0.2) is 4.98 Å². The van der Waals surface area contributed by atoms with Gasteiger partial charge in [-0.2, -0.15) is 0 Å². The summed E-state index contributed by atoms with van der Waals surface area (Å²) in [6.45, 7) is 1.87. The molecule has 0 aliphatic heterocycles. The molecule has 0 fully saturated rings. The highest BCUT2D eigenvalue weighted by molar-refractivity contribution is 6.02. The number of nitrogens with zero attached hydrogens (tertiary/aromatic N) is 4. The molecule has 0 spiro atoms. The van der Waals surface area contributed by atoms with Crippen molar-refractivity contribution in [2.75, 3.05) is 5.32 Å². The Kier molecular flexibility index (Phi) is 6.66. The molecule has 10 heteroatoms. The average Bonchev–Trinajstić information content (AvgIpc) is 3.40. The van der Waals surface area contributed by atoms with Crippen molar-refractivity contribution in [1.82, 2.24) is 9.55 Å². The SMILES string of the molecule is Cc1ccc(Nc2c([N+](=O)[O-])cc(C(=O)n3cnc(-c4ccccc4)c3-c3ccccc3)cc2[N+](=O)[O-])cc1. The molecule has 0 aliphatic carbocycles. The van der Waals surface area contributed by atoms with Crippen LogP contribution in [0, 0.1) is 27.2 Å². The summed E-state index contributed by atoms with van der Waals surface area (Å²) in [7, 11) is 0. The fourth-order valence-electron chi connectivity index (χ4n) is 4.25. The van der Waals surface area contributed by atoms with Crippen LogP contribution in [0.25, 0.3) is 22.5 Å². The lowest BCUT2D eigenvalue weighted by molar-refractivity contribution is -0.392. The largest absolute Gasteiger partial charge is 0.344 e. The normalized spacial score (nSPS) is 10.7. The Bertz CT molecular complexity index is 1660. The number of nitro groups is 2. The van der Waals surface area contributed by atoms with Crippen molar-refractivity contribution in [2.45, 2.75) is 6.92 Å². The van der Waals surface area contributed by atoms with Gasteiger partial charge in [0, 0.05) is 28.9 Å². The molecule has 5 rings (SSSR count). The molecule has 1 N–H and O–H groups in total. The van der Waals surface area contributed by atoms with Crippen LogP contribution in [0.1, 0.15) is 15.9 Å². The predicted octanol–water partition coefficient (Wildman–Crippen LogP) is 6.77. The van der Waals surface area contributed by atoms with E-state index in [2.05, 4.69) is 10.3 Å². The van der Waals surface area contributed by atoms with E-state index in [9.17, 15) is 25.0 Å². The summed E-state index contributed by atoms with van der Waals surface area (Å²) in [5.74, 6) is -0.698. The van der Waals surface area contributed by atoms with Crippen LogP contribution in [0.15, 0.2) is 103 Å². The number of aromatic nitrogens is 2. The molecule has 192 valence electrons. The molecule has 39 heavy (non-hydrogen) atoms. The average molecular weight is 520 g/mol. The number of nitro benzene ring substituents is 2. The maximum Gasteiger partial charge on any atom is 0.300 e. The minimum Gasteiger partial charge on any atom is -0.344 e. The van der Waals surface area contributed by atoms with E-state index < -0.39 is 27.1 Å². The van der Waals surface area contributed by atoms with E-state index in [0.29, 0.717) is 22.6 Å². The van der Waals surface area contributed by atoms with Gasteiger partial charge in [0.2, 0.25) is 0 Å². The standard InChI is InChI=1S/C29H21N5O5/c1-19-12-14-23(15-13-19)31-27-24(33(36)37)16-22(17-25(27)34(38)39)29(35)32-18-30-26(20-8-4-2-5-9-20)28(32)21-10-6-3-7-11-21/h2-18,31H,1H3. The zero-order chi connectivity index (χ0) is 27.5. The van der Waals surface area contributed by atoms with Crippen LogP contribution >= 0.6 is 0 Å². The fourth-order valence-corrected chi connectivity index (χ4v) is 4.25. The van der Waals surface area contributed by atoms with E-state index in [4.69, 9.17) is 0 Å². The number of rotatable bonds is 7. The summed E-state index contributed by atoms with van der Waals surface area (Å²) in [5.41, 5.74) is 2.07. The molecule has 0 amide bonds. The summed E-state index contributed by atoms with van der Waals surface area (Å²) < 4.78 is 1.26. The van der Waals surface area contributed by atoms with E-state index >= 15 is 0 Å². The van der Waals surface area contributed by atoms with Gasteiger partial charge in [0.15, 0.2) is 5.69 Å². The third-order valence-corrected chi connectivity index (χ3v) is 6.14. The number of benzene rings is 4. The second-order valence-corrected chi connectivity index (χ2v) is 8.74. The van der Waals surface area contributed by atoms with Crippen molar-refractivity contribution < 1.29 is 14.6 Å². The Hall–Kier alpha value is -5.64. The van der Waals surface area contributed by atoms with Crippen molar-refractivity contribution in [2.24, 2.45) is 0 Å². The van der Waals surface area contributed by atoms with Crippen LogP contribution in [0.3, 0.4) is 0 Å². The second kappa shape index (κ2) is 10.4. The molecule has 0 unspecified atom stereocenters. The van der Waals surface area contributed by atoms with Gasteiger partial charge >= 0.3 is 11.4 Å². The Morgan fingerprint density at radius 2 is 1.33 bits per heavy atom. The van der Waals surface area contributed by atoms with Gasteiger partial charge in [-0.1, -0.05) is 78.4 Å². The third-order valence-electron chi connectivity index (χ3n) is 6.14. The van der Waals surface area contributed by atoms with Crippen LogP contribution in [0.2, 0.25) is 0 Å². The Balaban J connectivity index is 1.66. The summed E-state index contributed by atoms with van der Waals surface area (Å²) >= 11 is 0. The van der Waals surface area contributed by atoms with Crippen molar-refractivity contribution in [3.05, 3.63) is 135 Å². The summed E-state index contributed by atoms with van der Waals surface area (Å²) in [4.78, 5) is 40.9. The Morgan fingerprint density at radius 3 is 1.87 bits per heavy atom. The molecule has 0 atom stereocenters. The molecule has 5 aromatic rings. The van der Waals surface area contributed by atoms with E-state index in [1.165, 1.54) is 10.9 Å². The molecular weight excluding hydrogens is 498 g/mol. The zero-order valence-electron chi connectivity index (χ0n) is 20.6. The molecule has 0 aliphatic rings. The van der Waals surface area contributed by atoms with E-state index in [1.807, 2.05) is 67.6 Å². The lowest BCUT2D eigenvalue weighted by Crippen LogP contribution is -2.14. The van der Waals surface area contributed by atoms with Gasteiger partial charge in [-0.05, 0) is 19.1 Å². The molecule has 0 saturated carbocycles. The van der Waals surface area contributed by atoms with Gasteiger partial charge in [0.25, 0.3) is 5.91 Å². The third kappa shape index (κ3) is 4.98. The first-order valence-corrected chi connectivity index (χ1v) is 11.9. The predicted molar refractivity (Wildman–Crippen MR) is 147 cm³/mol. The second-order valence-electron chi connectivity index (χ2n) is 8.74. The van der Waals surface area contributed by atoms with Gasteiger partial charge in [0.1, 0.15) is 6.33 Å². The van der Waals surface area contributed by atoms with Crippen LogP contribution in [-0.2, 0) is 0 Å². The minimum atomic E-state index is -0.748. The highest BCUT2D eigenvalue weighted by Gasteiger charge is 2.30. The van der Waals surface area contributed by atoms with Crippen molar-refractivity contribution in [3.63, 3.8) is 0 Å². The minimum absolute atomic E-state index is 0.225. The van der Waals surface area contributed by atoms with Crippen LogP contribution in [-0.4, -0.2) is 25.3 Å². The number of nitrogens with one attached hydrogen (secondary N) is 1. The highest BCUT2D eigenvalue weighted by Crippen LogP contribution is 2.39. The smallest absolute Gasteiger partial charge is 0.300 e. The molecule has 10 nitrogen and oxygen atoms in total. The van der Waals surface area contributed by atoms with Crippen LogP contribution in [0.5, 0.6) is 0 Å². The Labute approximate surface area is 222 Å². The Morgan fingerprint density at radius 1 is 0.795 bits per heavy atom. The van der Waals surface area contributed by atoms with Crippen molar-refractivity contribution >= 4 is 28.7 Å². The first-order chi connectivity index (χ1) is 18.8. The van der Waals surface area contributed by atoms with Gasteiger partial charge in [-0.3, -0.25) is 29.6 Å². The molecule has 0 radical (unpaired) electrons. The highest BCUT2D eigenvalue weighted by atomic mass is 16.6. The van der Waals surface area contributed by atoms with Crippen molar-refractivity contribution in [3.8, 4) is 22.5 Å². The molecule has 1 heterocycles. The number of aryl methyl sites for hydroxylation is 1.